The quantitative estimate of drug-likeness (QED) is 0.142. The first-order valence-electron chi connectivity index (χ1n) is 14.5. The number of anilines is 1. The zero-order valence-electron chi connectivity index (χ0n) is 24.5. The van der Waals surface area contributed by atoms with Gasteiger partial charge in [0.1, 0.15) is 5.82 Å². The summed E-state index contributed by atoms with van der Waals surface area (Å²) in [5, 5.41) is 15.2. The topological polar surface area (TPSA) is 109 Å². The highest BCUT2D eigenvalue weighted by atomic mass is 32.2. The molecule has 5 aromatic rings. The fourth-order valence-electron chi connectivity index (χ4n) is 5.81. The molecule has 0 spiro atoms. The van der Waals surface area contributed by atoms with Crippen molar-refractivity contribution in [3.63, 3.8) is 0 Å². The number of aryl methyl sites for hydroxylation is 1. The predicted molar refractivity (Wildman–Crippen MR) is 175 cm³/mol. The van der Waals surface area contributed by atoms with E-state index in [0.29, 0.717) is 56.8 Å². The highest BCUT2D eigenvalue weighted by Gasteiger charge is 2.42. The molecule has 4 aromatic carbocycles. The van der Waals surface area contributed by atoms with Gasteiger partial charge in [0, 0.05) is 31.3 Å². The normalized spacial score (nSPS) is 16.5. The van der Waals surface area contributed by atoms with Crippen molar-refractivity contribution in [3.8, 4) is 0 Å². The first kappa shape index (κ1) is 29.6. The van der Waals surface area contributed by atoms with Crippen LogP contribution in [-0.4, -0.2) is 33.3 Å². The molecule has 3 amide bonds. The monoisotopic (exact) mass is 651 g/mol. The maximum atomic E-state index is 14.7. The molecule has 7 rings (SSSR count). The molecule has 230 valence electrons. The van der Waals surface area contributed by atoms with Gasteiger partial charge in [-0.2, -0.15) is 0 Å². The van der Waals surface area contributed by atoms with Gasteiger partial charge in [0.2, 0.25) is 0 Å². The number of amides is 3. The van der Waals surface area contributed by atoms with Gasteiger partial charge in [-0.25, -0.2) is 14.2 Å². The second-order valence-corrected chi connectivity index (χ2v) is 13.3. The number of nitro benzene ring substituents is 1. The van der Waals surface area contributed by atoms with Crippen molar-refractivity contribution in [2.75, 3.05) is 11.4 Å². The van der Waals surface area contributed by atoms with E-state index in [1.54, 1.807) is 36.1 Å². The van der Waals surface area contributed by atoms with Crippen LogP contribution in [0.1, 0.15) is 29.2 Å². The van der Waals surface area contributed by atoms with E-state index in [4.69, 9.17) is 0 Å². The zero-order valence-corrected chi connectivity index (χ0v) is 26.1. The van der Waals surface area contributed by atoms with Crippen molar-refractivity contribution in [2.45, 2.75) is 35.2 Å². The fourth-order valence-corrected chi connectivity index (χ4v) is 7.91. The third-order valence-corrected chi connectivity index (χ3v) is 10.3. The van der Waals surface area contributed by atoms with E-state index in [1.807, 2.05) is 54.6 Å². The molecule has 0 aliphatic carbocycles. The number of rotatable bonds is 7. The summed E-state index contributed by atoms with van der Waals surface area (Å²) in [6, 6.07) is 25.0. The summed E-state index contributed by atoms with van der Waals surface area (Å²) in [6.45, 7) is 2.33. The molecule has 9 nitrogen and oxygen atoms in total. The molecule has 0 saturated heterocycles. The summed E-state index contributed by atoms with van der Waals surface area (Å²) in [5.74, 6) is -0.775. The summed E-state index contributed by atoms with van der Waals surface area (Å²) < 4.78 is 16.3. The van der Waals surface area contributed by atoms with E-state index < -0.39 is 22.8 Å². The van der Waals surface area contributed by atoms with Gasteiger partial charge in [0.05, 0.1) is 37.3 Å². The minimum absolute atomic E-state index is 0.161. The summed E-state index contributed by atoms with van der Waals surface area (Å²) in [4.78, 5) is 47.9. The molecule has 2 aliphatic rings. The first-order valence-corrected chi connectivity index (χ1v) is 16.1. The van der Waals surface area contributed by atoms with Gasteiger partial charge >= 0.3 is 6.03 Å². The number of para-hydroxylation sites is 1. The van der Waals surface area contributed by atoms with Crippen molar-refractivity contribution < 1.29 is 18.9 Å². The number of carbonyl (C=O) groups excluding carboxylic acids is 2. The number of nitrogens with zero attached hydrogens (tertiary/aromatic N) is 4. The molecule has 1 unspecified atom stereocenters. The third-order valence-electron chi connectivity index (χ3n) is 8.09. The Balaban J connectivity index is 1.30. The smallest absolute Gasteiger partial charge is 0.327 e. The van der Waals surface area contributed by atoms with Gasteiger partial charge in [0.15, 0.2) is 4.34 Å². The standard InChI is InChI=1S/C34H26FN5O4S2/c1-20-11-13-23(18-24(20)35)39-26-15-16-38(19-21-7-3-2-4-8-21)32(41)30(26)31(37-33(39)42)22-12-14-29(27(17-22)40(43)44)46-34-36-25-9-5-6-10-28(25)45-34/h2-14,17-18,31H,15-16,19H2,1H3,(H,37,42). The molecule has 2 aliphatic heterocycles. The Morgan fingerprint density at radius 1 is 1.04 bits per heavy atom. The number of halogens is 1. The first-order chi connectivity index (χ1) is 22.3. The average molecular weight is 652 g/mol. The van der Waals surface area contributed by atoms with Crippen LogP contribution < -0.4 is 10.2 Å². The maximum absolute atomic E-state index is 14.7. The summed E-state index contributed by atoms with van der Waals surface area (Å²) in [5.41, 5.74) is 3.46. The molecular formula is C34H26FN5O4S2. The highest BCUT2D eigenvalue weighted by molar-refractivity contribution is 8.01. The van der Waals surface area contributed by atoms with Crippen molar-refractivity contribution in [2.24, 2.45) is 0 Å². The van der Waals surface area contributed by atoms with Gasteiger partial charge in [-0.15, -0.1) is 11.3 Å². The number of fused-ring (bicyclic) bond motifs is 1. The van der Waals surface area contributed by atoms with E-state index in [1.165, 1.54) is 40.1 Å². The SMILES string of the molecule is Cc1ccc(N2C(=O)NC(c3ccc(Sc4nc5ccccc5s4)c([N+](=O)[O-])c3)C3=C2CCN(Cc2ccccc2)C3=O)cc1F. The lowest BCUT2D eigenvalue weighted by molar-refractivity contribution is -0.387. The van der Waals surface area contributed by atoms with Crippen LogP contribution in [0.3, 0.4) is 0 Å². The average Bonchev–Trinajstić information content (AvgIpc) is 3.46. The van der Waals surface area contributed by atoms with Crippen LogP contribution in [0.15, 0.2) is 112 Å². The van der Waals surface area contributed by atoms with E-state index >= 15 is 0 Å². The summed E-state index contributed by atoms with van der Waals surface area (Å²) in [6.07, 6.45) is 0.334. The Kier molecular flexibility index (Phi) is 7.75. The number of thiazole rings is 1. The molecule has 0 bridgehead atoms. The second-order valence-electron chi connectivity index (χ2n) is 11.0. The second kappa shape index (κ2) is 12.0. The molecule has 1 aromatic heterocycles. The van der Waals surface area contributed by atoms with Crippen molar-refractivity contribution in [1.82, 2.24) is 15.2 Å². The van der Waals surface area contributed by atoms with E-state index in [9.17, 15) is 24.1 Å². The molecule has 0 radical (unpaired) electrons. The number of urea groups is 1. The number of benzene rings is 4. The van der Waals surface area contributed by atoms with Crippen molar-refractivity contribution in [3.05, 3.63) is 135 Å². The molecular weight excluding hydrogens is 626 g/mol. The number of hydrogen-bond acceptors (Lipinski definition) is 7. The van der Waals surface area contributed by atoms with Crippen molar-refractivity contribution >= 4 is 56.6 Å². The molecule has 3 heterocycles. The number of aromatic nitrogens is 1. The molecule has 1 atom stereocenters. The van der Waals surface area contributed by atoms with Gasteiger partial charge in [-0.1, -0.05) is 66.4 Å². The third kappa shape index (κ3) is 5.50. The Morgan fingerprint density at radius 2 is 1.83 bits per heavy atom. The summed E-state index contributed by atoms with van der Waals surface area (Å²) >= 11 is 2.64. The lowest BCUT2D eigenvalue weighted by Gasteiger charge is -2.42. The largest absolute Gasteiger partial charge is 0.334 e. The van der Waals surface area contributed by atoms with E-state index in [2.05, 4.69) is 10.3 Å². The van der Waals surface area contributed by atoms with Crippen LogP contribution in [0.2, 0.25) is 0 Å². The van der Waals surface area contributed by atoms with Gasteiger partial charge in [-0.3, -0.25) is 19.8 Å². The molecule has 12 heteroatoms. The minimum Gasteiger partial charge on any atom is -0.334 e. The Bertz CT molecular complexity index is 2030. The number of nitro groups is 1. The summed E-state index contributed by atoms with van der Waals surface area (Å²) in [7, 11) is 0. The Labute approximate surface area is 271 Å². The Morgan fingerprint density at radius 3 is 2.59 bits per heavy atom. The lowest BCUT2D eigenvalue weighted by atomic mass is 9.89. The molecule has 1 N–H and O–H groups in total. The van der Waals surface area contributed by atoms with Gasteiger partial charge in [0.25, 0.3) is 11.6 Å². The van der Waals surface area contributed by atoms with Crippen LogP contribution in [-0.2, 0) is 11.3 Å². The highest BCUT2D eigenvalue weighted by Crippen LogP contribution is 2.43. The van der Waals surface area contributed by atoms with Crippen LogP contribution in [0, 0.1) is 22.9 Å². The molecule has 46 heavy (non-hydrogen) atoms. The van der Waals surface area contributed by atoms with E-state index in [-0.39, 0.29) is 11.6 Å². The van der Waals surface area contributed by atoms with Gasteiger partial charge < -0.3 is 10.2 Å². The van der Waals surface area contributed by atoms with Gasteiger partial charge in [-0.05, 0) is 53.9 Å². The van der Waals surface area contributed by atoms with Crippen LogP contribution >= 0.6 is 23.1 Å². The fraction of sp³-hybridized carbons (Fsp3) is 0.147. The van der Waals surface area contributed by atoms with E-state index in [0.717, 1.165) is 15.8 Å². The van der Waals surface area contributed by atoms with Crippen LogP contribution in [0.5, 0.6) is 0 Å². The Hall–Kier alpha value is -5.07. The maximum Gasteiger partial charge on any atom is 0.327 e. The van der Waals surface area contributed by atoms with Crippen molar-refractivity contribution in [1.29, 1.82) is 0 Å². The lowest BCUT2D eigenvalue weighted by Crippen LogP contribution is -2.53. The van der Waals surface area contributed by atoms with Crippen LogP contribution in [0.25, 0.3) is 10.2 Å². The molecule has 0 fully saturated rings. The number of carbonyl (C=O) groups is 2. The minimum atomic E-state index is -0.958. The molecule has 0 saturated carbocycles. The predicted octanol–water partition coefficient (Wildman–Crippen LogP) is 7.76. The van der Waals surface area contributed by atoms with Crippen LogP contribution in [0.4, 0.5) is 20.6 Å². The zero-order chi connectivity index (χ0) is 31.9. The number of nitrogens with one attached hydrogen (secondary N) is 1. The number of hydrogen-bond donors (Lipinski definition) is 1.